The Kier molecular flexibility index (Phi) is 3.51. The Bertz CT molecular complexity index is 741. The number of fused-ring (bicyclic) bond motifs is 1. The maximum Gasteiger partial charge on any atom is 0.534 e. The molecule has 0 saturated heterocycles. The first-order valence-electron chi connectivity index (χ1n) is 5.46. The minimum Gasteiger partial charge on any atom is -0.388 e. The Morgan fingerprint density at radius 3 is 2.45 bits per heavy atom. The molecule has 0 atom stereocenters. The predicted molar refractivity (Wildman–Crippen MR) is 69.1 cm³/mol. The predicted octanol–water partition coefficient (Wildman–Crippen LogP) is 3.11. The Morgan fingerprint density at radius 1 is 1.15 bits per heavy atom. The van der Waals surface area contributed by atoms with Gasteiger partial charge in [0.1, 0.15) is 5.75 Å². The molecule has 0 heterocycles. The fourth-order valence-corrected chi connectivity index (χ4v) is 2.15. The number of anilines is 1. The standard InChI is InChI=1S/C12H10F3NO3S/c1-16-11-4-2-3-8-5-6-9(7-10(8)11)19-20(17,18)12(13,14)15/h2-7,16H,1H3. The molecule has 0 radical (unpaired) electrons. The Morgan fingerprint density at radius 2 is 1.85 bits per heavy atom. The van der Waals surface area contributed by atoms with E-state index in [9.17, 15) is 21.6 Å². The quantitative estimate of drug-likeness (QED) is 0.699. The second-order valence-electron chi connectivity index (χ2n) is 3.92. The van der Waals surface area contributed by atoms with Gasteiger partial charge in [-0.3, -0.25) is 0 Å². The minimum atomic E-state index is -5.66. The van der Waals surface area contributed by atoms with Crippen LogP contribution in [0.4, 0.5) is 18.9 Å². The molecule has 4 nitrogen and oxygen atoms in total. The molecule has 0 aliphatic rings. The van der Waals surface area contributed by atoms with Crippen molar-refractivity contribution in [1.29, 1.82) is 0 Å². The zero-order valence-electron chi connectivity index (χ0n) is 10.2. The van der Waals surface area contributed by atoms with Crippen LogP contribution in [0.3, 0.4) is 0 Å². The summed E-state index contributed by atoms with van der Waals surface area (Å²) in [6.07, 6.45) is 0. The summed E-state index contributed by atoms with van der Waals surface area (Å²) < 4.78 is 62.8. The average Bonchev–Trinajstić information content (AvgIpc) is 2.36. The van der Waals surface area contributed by atoms with E-state index in [1.807, 2.05) is 0 Å². The number of rotatable bonds is 3. The molecule has 0 bridgehead atoms. The second-order valence-corrected chi connectivity index (χ2v) is 5.46. The van der Waals surface area contributed by atoms with Gasteiger partial charge in [-0.15, -0.1) is 0 Å². The van der Waals surface area contributed by atoms with Crippen LogP contribution in [-0.2, 0) is 10.1 Å². The molecule has 0 amide bonds. The van der Waals surface area contributed by atoms with Crippen molar-refractivity contribution >= 4 is 26.6 Å². The van der Waals surface area contributed by atoms with Gasteiger partial charge in [-0.1, -0.05) is 18.2 Å². The minimum absolute atomic E-state index is 0.391. The largest absolute Gasteiger partial charge is 0.534 e. The summed E-state index contributed by atoms with van der Waals surface area (Å²) in [6.45, 7) is 0. The fourth-order valence-electron chi connectivity index (χ4n) is 1.70. The van der Waals surface area contributed by atoms with Crippen LogP contribution in [0.2, 0.25) is 0 Å². The van der Waals surface area contributed by atoms with Gasteiger partial charge in [-0.25, -0.2) is 0 Å². The fraction of sp³-hybridized carbons (Fsp3) is 0.167. The summed E-state index contributed by atoms with van der Waals surface area (Å²) in [4.78, 5) is 0. The van der Waals surface area contributed by atoms with Gasteiger partial charge in [0.05, 0.1) is 0 Å². The summed E-state index contributed by atoms with van der Waals surface area (Å²) in [5, 5.41) is 4.17. The highest BCUT2D eigenvalue weighted by atomic mass is 32.2. The van der Waals surface area contributed by atoms with Crippen molar-refractivity contribution in [3.63, 3.8) is 0 Å². The highest BCUT2D eigenvalue weighted by Crippen LogP contribution is 2.31. The molecule has 0 aliphatic heterocycles. The van der Waals surface area contributed by atoms with E-state index in [-0.39, 0.29) is 0 Å². The first kappa shape index (κ1) is 14.4. The molecule has 1 N–H and O–H groups in total. The van der Waals surface area contributed by atoms with E-state index in [1.54, 1.807) is 25.2 Å². The van der Waals surface area contributed by atoms with Crippen LogP contribution in [0.25, 0.3) is 10.8 Å². The second kappa shape index (κ2) is 4.86. The SMILES string of the molecule is CNc1cccc2ccc(OS(=O)(=O)C(F)(F)F)cc12. The maximum absolute atomic E-state index is 12.3. The number of halogens is 3. The molecule has 0 spiro atoms. The van der Waals surface area contributed by atoms with Crippen molar-refractivity contribution in [3.05, 3.63) is 36.4 Å². The lowest BCUT2D eigenvalue weighted by atomic mass is 10.1. The third kappa shape index (κ3) is 2.64. The van der Waals surface area contributed by atoms with Crippen molar-refractivity contribution in [3.8, 4) is 5.75 Å². The van der Waals surface area contributed by atoms with E-state index in [0.29, 0.717) is 11.1 Å². The monoisotopic (exact) mass is 305 g/mol. The number of hydrogen-bond acceptors (Lipinski definition) is 4. The van der Waals surface area contributed by atoms with Gasteiger partial charge in [0.25, 0.3) is 0 Å². The number of alkyl halides is 3. The molecule has 0 fully saturated rings. The van der Waals surface area contributed by atoms with E-state index in [4.69, 9.17) is 0 Å². The van der Waals surface area contributed by atoms with Crippen molar-refractivity contribution in [2.75, 3.05) is 12.4 Å². The number of nitrogens with one attached hydrogen (secondary N) is 1. The third-order valence-electron chi connectivity index (χ3n) is 2.61. The lowest BCUT2D eigenvalue weighted by molar-refractivity contribution is -0.0500. The average molecular weight is 305 g/mol. The Hall–Kier alpha value is -1.96. The maximum atomic E-state index is 12.3. The zero-order valence-corrected chi connectivity index (χ0v) is 11.0. The first-order valence-corrected chi connectivity index (χ1v) is 6.87. The molecular weight excluding hydrogens is 295 g/mol. The van der Waals surface area contributed by atoms with Crippen LogP contribution >= 0.6 is 0 Å². The summed E-state index contributed by atoms with van der Waals surface area (Å²) in [6, 6.07) is 9.12. The summed E-state index contributed by atoms with van der Waals surface area (Å²) in [5.74, 6) is -0.391. The molecule has 8 heteroatoms. The molecule has 2 rings (SSSR count). The lowest BCUT2D eigenvalue weighted by Crippen LogP contribution is -2.28. The van der Waals surface area contributed by atoms with Crippen molar-refractivity contribution in [2.24, 2.45) is 0 Å². The van der Waals surface area contributed by atoms with Crippen LogP contribution in [0.1, 0.15) is 0 Å². The van der Waals surface area contributed by atoms with Gasteiger partial charge in [-0.2, -0.15) is 21.6 Å². The number of benzene rings is 2. The van der Waals surface area contributed by atoms with Gasteiger partial charge in [0, 0.05) is 18.1 Å². The molecule has 108 valence electrons. The summed E-state index contributed by atoms with van der Waals surface area (Å²) >= 11 is 0. The molecule has 2 aromatic rings. The zero-order chi connectivity index (χ0) is 15.0. The molecular formula is C12H10F3NO3S. The van der Waals surface area contributed by atoms with Crippen LogP contribution in [0.15, 0.2) is 36.4 Å². The van der Waals surface area contributed by atoms with Gasteiger partial charge >= 0.3 is 15.6 Å². The van der Waals surface area contributed by atoms with E-state index in [2.05, 4.69) is 9.50 Å². The van der Waals surface area contributed by atoms with Gasteiger partial charge < -0.3 is 9.50 Å². The highest BCUT2D eigenvalue weighted by Gasteiger charge is 2.48. The van der Waals surface area contributed by atoms with Crippen LogP contribution in [0, 0.1) is 0 Å². The van der Waals surface area contributed by atoms with Gasteiger partial charge in [-0.05, 0) is 23.6 Å². The normalized spacial score (nSPS) is 12.4. The third-order valence-corrected chi connectivity index (χ3v) is 3.59. The Labute approximate surface area is 113 Å². The molecule has 0 aliphatic carbocycles. The van der Waals surface area contributed by atoms with Crippen LogP contribution in [0.5, 0.6) is 5.75 Å². The van der Waals surface area contributed by atoms with E-state index in [1.165, 1.54) is 18.2 Å². The molecule has 2 aromatic carbocycles. The smallest absolute Gasteiger partial charge is 0.388 e. The molecule has 20 heavy (non-hydrogen) atoms. The van der Waals surface area contributed by atoms with Crippen molar-refractivity contribution < 1.29 is 25.8 Å². The van der Waals surface area contributed by atoms with Crippen molar-refractivity contribution in [1.82, 2.24) is 0 Å². The first-order chi connectivity index (χ1) is 9.24. The summed E-state index contributed by atoms with van der Waals surface area (Å²) in [7, 11) is -4.01. The summed E-state index contributed by atoms with van der Waals surface area (Å²) in [5.41, 5.74) is -4.80. The van der Waals surface area contributed by atoms with Crippen LogP contribution in [-0.4, -0.2) is 21.0 Å². The van der Waals surface area contributed by atoms with Crippen LogP contribution < -0.4 is 9.50 Å². The van der Waals surface area contributed by atoms with Crippen molar-refractivity contribution in [2.45, 2.75) is 5.51 Å². The van der Waals surface area contributed by atoms with Gasteiger partial charge in [0.2, 0.25) is 0 Å². The topological polar surface area (TPSA) is 55.4 Å². The van der Waals surface area contributed by atoms with Gasteiger partial charge in [0.15, 0.2) is 0 Å². The molecule has 0 aromatic heterocycles. The number of hydrogen-bond donors (Lipinski definition) is 1. The van der Waals surface area contributed by atoms with E-state index >= 15 is 0 Å². The Balaban J connectivity index is 2.48. The molecule has 0 saturated carbocycles. The highest BCUT2D eigenvalue weighted by molar-refractivity contribution is 7.88. The lowest BCUT2D eigenvalue weighted by Gasteiger charge is -2.11. The van der Waals surface area contributed by atoms with E-state index in [0.717, 1.165) is 5.39 Å². The van der Waals surface area contributed by atoms with E-state index < -0.39 is 21.4 Å². The molecule has 0 unspecified atom stereocenters.